The predicted octanol–water partition coefficient (Wildman–Crippen LogP) is 2.47. The van der Waals surface area contributed by atoms with Crippen LogP contribution < -0.4 is 5.32 Å². The maximum atomic E-state index is 12.6. The predicted molar refractivity (Wildman–Crippen MR) is 130 cm³/mol. The highest BCUT2D eigenvalue weighted by Crippen LogP contribution is 2.16. The Kier molecular flexibility index (Phi) is 10.1. The number of hydrogen-bond acceptors (Lipinski definition) is 5. The molecule has 0 atom stereocenters. The van der Waals surface area contributed by atoms with Gasteiger partial charge in [-0.15, -0.1) is 35.3 Å². The molecular weight excluding hydrogens is 499 g/mol. The number of nitrogens with zero attached hydrogens (tertiary/aromatic N) is 5. The number of aryl methyl sites for hydroxylation is 2. The molecule has 3 rings (SSSR count). The highest BCUT2D eigenvalue weighted by molar-refractivity contribution is 14.0. The minimum atomic E-state index is 0. The Morgan fingerprint density at radius 1 is 1.03 bits per heavy atom. The topological polar surface area (TPSA) is 64.1 Å². The summed E-state index contributed by atoms with van der Waals surface area (Å²) < 4.78 is 0. The number of likely N-dealkylation sites (tertiary alicyclic amines) is 1. The number of carbonyl (C=O) groups is 1. The molecule has 164 valence electrons. The number of piperazine rings is 1. The summed E-state index contributed by atoms with van der Waals surface area (Å²) in [6.07, 6.45) is 4.82. The molecule has 0 aliphatic carbocycles. The second kappa shape index (κ2) is 12.0. The quantitative estimate of drug-likeness (QED) is 0.366. The number of nitrogens with one attached hydrogen (secondary N) is 1. The molecule has 3 heterocycles. The monoisotopic (exact) mass is 534 g/mol. The first kappa shape index (κ1) is 24.3. The molecule has 0 saturated carbocycles. The molecule has 0 bridgehead atoms. The fourth-order valence-electron chi connectivity index (χ4n) is 3.83. The van der Waals surface area contributed by atoms with Crippen LogP contribution in [0.3, 0.4) is 0 Å². The van der Waals surface area contributed by atoms with Gasteiger partial charge in [-0.05, 0) is 26.7 Å². The Morgan fingerprint density at radius 3 is 2.24 bits per heavy atom. The van der Waals surface area contributed by atoms with Crippen molar-refractivity contribution in [2.75, 3.05) is 52.9 Å². The summed E-state index contributed by atoms with van der Waals surface area (Å²) in [5.74, 6) is 1.22. The van der Waals surface area contributed by atoms with Gasteiger partial charge in [0, 0.05) is 51.2 Å². The van der Waals surface area contributed by atoms with Crippen molar-refractivity contribution in [2.45, 2.75) is 46.1 Å². The third-order valence-corrected chi connectivity index (χ3v) is 6.74. The van der Waals surface area contributed by atoms with Gasteiger partial charge < -0.3 is 15.1 Å². The smallest absolute Gasteiger partial charge is 0.236 e. The zero-order chi connectivity index (χ0) is 19.9. The van der Waals surface area contributed by atoms with Crippen LogP contribution in [0.15, 0.2) is 4.99 Å². The minimum absolute atomic E-state index is 0. The molecular formula is C20H35IN6OS. The Labute approximate surface area is 196 Å². The van der Waals surface area contributed by atoms with E-state index >= 15 is 0 Å². The van der Waals surface area contributed by atoms with E-state index < -0.39 is 0 Å². The van der Waals surface area contributed by atoms with Crippen LogP contribution >= 0.6 is 35.3 Å². The molecule has 2 fully saturated rings. The average Bonchev–Trinajstić information content (AvgIpc) is 2.89. The summed E-state index contributed by atoms with van der Waals surface area (Å²) in [5, 5.41) is 4.54. The zero-order valence-electron chi connectivity index (χ0n) is 17.9. The summed E-state index contributed by atoms with van der Waals surface area (Å²) in [4.78, 5) is 29.5. The molecule has 1 aromatic heterocycles. The third-order valence-electron chi connectivity index (χ3n) is 5.67. The van der Waals surface area contributed by atoms with E-state index in [2.05, 4.69) is 43.8 Å². The number of rotatable bonds is 4. The van der Waals surface area contributed by atoms with Crippen LogP contribution in [0.1, 0.15) is 41.3 Å². The largest absolute Gasteiger partial charge is 0.350 e. The SMILES string of the molecule is CN=C(NCc1nc(C)c(C)s1)N1CCN(CC(=O)N2CCCCCC2)CC1.I. The molecule has 7 nitrogen and oxygen atoms in total. The lowest BCUT2D eigenvalue weighted by Crippen LogP contribution is -2.54. The number of aromatic nitrogens is 1. The van der Waals surface area contributed by atoms with Gasteiger partial charge in [-0.1, -0.05) is 12.8 Å². The highest BCUT2D eigenvalue weighted by Gasteiger charge is 2.23. The maximum Gasteiger partial charge on any atom is 0.236 e. The van der Waals surface area contributed by atoms with Gasteiger partial charge in [-0.25, -0.2) is 4.98 Å². The van der Waals surface area contributed by atoms with E-state index in [-0.39, 0.29) is 24.0 Å². The van der Waals surface area contributed by atoms with Crippen molar-refractivity contribution in [3.05, 3.63) is 15.6 Å². The van der Waals surface area contributed by atoms with Gasteiger partial charge in [0.1, 0.15) is 5.01 Å². The first-order valence-corrected chi connectivity index (χ1v) is 11.3. The summed E-state index contributed by atoms with van der Waals surface area (Å²) in [6, 6.07) is 0. The molecule has 0 radical (unpaired) electrons. The lowest BCUT2D eigenvalue weighted by molar-refractivity contribution is -0.132. The molecule has 2 aliphatic heterocycles. The molecule has 2 saturated heterocycles. The lowest BCUT2D eigenvalue weighted by Gasteiger charge is -2.36. The zero-order valence-corrected chi connectivity index (χ0v) is 21.1. The second-order valence-electron chi connectivity index (χ2n) is 7.71. The number of amides is 1. The standard InChI is InChI=1S/C20H34N6OS.HI/c1-16-17(2)28-18(23-16)14-22-20(21-3)26-12-10-24(11-13-26)15-19(27)25-8-6-4-5-7-9-25;/h4-15H2,1-3H3,(H,21,22);1H. The molecule has 1 N–H and O–H groups in total. The van der Waals surface area contributed by atoms with Crippen molar-refractivity contribution in [1.29, 1.82) is 0 Å². The Bertz CT molecular complexity index is 659. The summed E-state index contributed by atoms with van der Waals surface area (Å²) in [7, 11) is 1.83. The van der Waals surface area contributed by atoms with E-state index in [9.17, 15) is 4.79 Å². The first-order valence-electron chi connectivity index (χ1n) is 10.5. The summed E-state index contributed by atoms with van der Waals surface area (Å²) >= 11 is 1.74. The van der Waals surface area contributed by atoms with Crippen molar-refractivity contribution in [3.63, 3.8) is 0 Å². The van der Waals surface area contributed by atoms with E-state index in [0.717, 1.165) is 68.8 Å². The molecule has 0 aromatic carbocycles. The Morgan fingerprint density at radius 2 is 1.69 bits per heavy atom. The molecule has 1 amide bonds. The fraction of sp³-hybridized carbons (Fsp3) is 0.750. The van der Waals surface area contributed by atoms with Gasteiger partial charge in [-0.3, -0.25) is 14.7 Å². The van der Waals surface area contributed by atoms with Gasteiger partial charge in [0.25, 0.3) is 0 Å². The van der Waals surface area contributed by atoms with Crippen LogP contribution in [-0.4, -0.2) is 84.4 Å². The van der Waals surface area contributed by atoms with Crippen LogP contribution in [0.4, 0.5) is 0 Å². The van der Waals surface area contributed by atoms with E-state index in [0.29, 0.717) is 19.0 Å². The number of guanidine groups is 1. The number of halogens is 1. The summed E-state index contributed by atoms with van der Waals surface area (Å²) in [6.45, 7) is 10.9. The number of thiazole rings is 1. The minimum Gasteiger partial charge on any atom is -0.350 e. The first-order chi connectivity index (χ1) is 13.6. The van der Waals surface area contributed by atoms with E-state index in [1.165, 1.54) is 17.7 Å². The van der Waals surface area contributed by atoms with E-state index in [1.54, 1.807) is 11.3 Å². The van der Waals surface area contributed by atoms with Crippen LogP contribution in [-0.2, 0) is 11.3 Å². The van der Waals surface area contributed by atoms with Crippen LogP contribution in [0.25, 0.3) is 0 Å². The fourth-order valence-corrected chi connectivity index (χ4v) is 4.70. The Hall–Kier alpha value is -0.940. The van der Waals surface area contributed by atoms with Crippen molar-refractivity contribution in [2.24, 2.45) is 4.99 Å². The van der Waals surface area contributed by atoms with Crippen LogP contribution in [0, 0.1) is 13.8 Å². The number of aliphatic imine (C=N–C) groups is 1. The van der Waals surface area contributed by atoms with Crippen molar-refractivity contribution in [3.8, 4) is 0 Å². The normalized spacial score (nSPS) is 18.9. The lowest BCUT2D eigenvalue weighted by atomic mass is 10.2. The molecule has 1 aromatic rings. The van der Waals surface area contributed by atoms with E-state index in [4.69, 9.17) is 0 Å². The maximum absolute atomic E-state index is 12.6. The van der Waals surface area contributed by atoms with E-state index in [1.807, 2.05) is 7.05 Å². The molecule has 2 aliphatic rings. The summed E-state index contributed by atoms with van der Waals surface area (Å²) in [5.41, 5.74) is 1.11. The van der Waals surface area contributed by atoms with Gasteiger partial charge in [0.05, 0.1) is 18.8 Å². The third kappa shape index (κ3) is 7.06. The number of carbonyl (C=O) groups excluding carboxylic acids is 1. The molecule has 0 spiro atoms. The molecule has 9 heteroatoms. The van der Waals surface area contributed by atoms with Gasteiger partial charge >= 0.3 is 0 Å². The Balaban J connectivity index is 0.00000300. The van der Waals surface area contributed by atoms with Crippen LogP contribution in [0.2, 0.25) is 0 Å². The highest BCUT2D eigenvalue weighted by atomic mass is 127. The van der Waals surface area contributed by atoms with Gasteiger partial charge in [-0.2, -0.15) is 0 Å². The van der Waals surface area contributed by atoms with Crippen LogP contribution in [0.5, 0.6) is 0 Å². The molecule has 29 heavy (non-hydrogen) atoms. The second-order valence-corrected chi connectivity index (χ2v) is 9.00. The molecule has 0 unspecified atom stereocenters. The average molecular weight is 535 g/mol. The van der Waals surface area contributed by atoms with Gasteiger partial charge in [0.2, 0.25) is 5.91 Å². The van der Waals surface area contributed by atoms with Gasteiger partial charge in [0.15, 0.2) is 5.96 Å². The number of hydrogen-bond donors (Lipinski definition) is 1. The van der Waals surface area contributed by atoms with Crippen molar-refractivity contribution < 1.29 is 4.79 Å². The van der Waals surface area contributed by atoms with Crippen molar-refractivity contribution >= 4 is 47.2 Å². The van der Waals surface area contributed by atoms with Crippen molar-refractivity contribution in [1.82, 2.24) is 25.0 Å².